The smallest absolute Gasteiger partial charge is 0.255 e. The lowest BCUT2D eigenvalue weighted by Crippen LogP contribution is -2.31. The van der Waals surface area contributed by atoms with Gasteiger partial charge >= 0.3 is 0 Å². The number of rotatable bonds is 4. The molecule has 2 heterocycles. The Kier molecular flexibility index (Phi) is 5.44. The van der Waals surface area contributed by atoms with E-state index in [4.69, 9.17) is 21.7 Å². The Morgan fingerprint density at radius 3 is 2.39 bits per heavy atom. The van der Waals surface area contributed by atoms with E-state index in [9.17, 15) is 4.79 Å². The molecule has 1 aliphatic rings. The number of benzene rings is 3. The maximum absolute atomic E-state index is 13.5. The van der Waals surface area contributed by atoms with Crippen LogP contribution in [0.2, 0.25) is 5.02 Å². The van der Waals surface area contributed by atoms with Gasteiger partial charge in [-0.2, -0.15) is 4.98 Å². The van der Waals surface area contributed by atoms with Crippen LogP contribution >= 0.6 is 11.6 Å². The number of aromatic nitrogens is 3. The van der Waals surface area contributed by atoms with E-state index in [0.29, 0.717) is 33.8 Å². The Hall–Kier alpha value is -3.90. The number of hydrogen-bond donors (Lipinski definition) is 2. The standard InChI is InChI=1S/C26H22ClN5O/c1-16-12-14-18(15-13-16)24-30-26-28-17(2)22(25(33)29-19-8-4-3-5-9-19)23(32(26)31-24)20-10-6-7-11-21(20)27/h3-15,23H,1-2H3,(H,29,33)(H,28,30,31). The average Bonchev–Trinajstić information content (AvgIpc) is 3.23. The van der Waals surface area contributed by atoms with Crippen LogP contribution < -0.4 is 10.6 Å². The summed E-state index contributed by atoms with van der Waals surface area (Å²) in [6.07, 6.45) is 0. The first-order valence-corrected chi connectivity index (χ1v) is 11.0. The van der Waals surface area contributed by atoms with Gasteiger partial charge in [-0.15, -0.1) is 5.10 Å². The van der Waals surface area contributed by atoms with Crippen molar-refractivity contribution in [3.63, 3.8) is 0 Å². The van der Waals surface area contributed by atoms with Crippen molar-refractivity contribution >= 4 is 29.1 Å². The first-order valence-electron chi connectivity index (χ1n) is 10.6. The SMILES string of the molecule is CC1=C(C(=O)Nc2ccccc2)C(c2ccccc2Cl)n2nc(-c3ccc(C)cc3)nc2N1. The van der Waals surface area contributed by atoms with Crippen LogP contribution in [0.15, 0.2) is 90.1 Å². The molecule has 4 aromatic rings. The first-order chi connectivity index (χ1) is 16.0. The summed E-state index contributed by atoms with van der Waals surface area (Å²) in [6, 6.07) is 24.4. The number of aryl methyl sites for hydroxylation is 1. The van der Waals surface area contributed by atoms with Crippen LogP contribution in [0.3, 0.4) is 0 Å². The van der Waals surface area contributed by atoms with Gasteiger partial charge in [-0.25, -0.2) is 4.68 Å². The number of carbonyl (C=O) groups is 1. The molecule has 164 valence electrons. The molecule has 1 atom stereocenters. The van der Waals surface area contributed by atoms with Crippen LogP contribution in [-0.2, 0) is 4.79 Å². The van der Waals surface area contributed by atoms with Gasteiger partial charge in [0.15, 0.2) is 5.82 Å². The second-order valence-corrected chi connectivity index (χ2v) is 8.38. The van der Waals surface area contributed by atoms with Crippen LogP contribution in [0.4, 0.5) is 11.6 Å². The molecule has 1 unspecified atom stereocenters. The summed E-state index contributed by atoms with van der Waals surface area (Å²) in [6.45, 7) is 3.91. The molecule has 7 heteroatoms. The third kappa shape index (κ3) is 4.01. The predicted octanol–water partition coefficient (Wildman–Crippen LogP) is 5.83. The molecule has 33 heavy (non-hydrogen) atoms. The first kappa shape index (κ1) is 21.0. The largest absolute Gasteiger partial charge is 0.328 e. The van der Waals surface area contributed by atoms with Gasteiger partial charge in [-0.3, -0.25) is 4.79 Å². The molecule has 0 saturated heterocycles. The summed E-state index contributed by atoms with van der Waals surface area (Å²) in [4.78, 5) is 18.2. The second-order valence-electron chi connectivity index (χ2n) is 7.98. The zero-order valence-electron chi connectivity index (χ0n) is 18.2. The van der Waals surface area contributed by atoms with Crippen molar-refractivity contribution in [2.75, 3.05) is 10.6 Å². The minimum Gasteiger partial charge on any atom is -0.328 e. The zero-order chi connectivity index (χ0) is 22.9. The lowest BCUT2D eigenvalue weighted by atomic mass is 9.95. The van der Waals surface area contributed by atoms with E-state index in [1.54, 1.807) is 4.68 Å². The van der Waals surface area contributed by atoms with Crippen molar-refractivity contribution in [3.05, 3.63) is 106 Å². The van der Waals surface area contributed by atoms with Gasteiger partial charge in [0, 0.05) is 27.5 Å². The molecular weight excluding hydrogens is 434 g/mol. The van der Waals surface area contributed by atoms with E-state index in [0.717, 1.165) is 16.7 Å². The summed E-state index contributed by atoms with van der Waals surface area (Å²) >= 11 is 6.61. The van der Waals surface area contributed by atoms with Crippen molar-refractivity contribution in [2.24, 2.45) is 0 Å². The van der Waals surface area contributed by atoms with E-state index in [-0.39, 0.29) is 5.91 Å². The highest BCUT2D eigenvalue weighted by Crippen LogP contribution is 2.39. The summed E-state index contributed by atoms with van der Waals surface area (Å²) in [5, 5.41) is 11.6. The molecule has 6 nitrogen and oxygen atoms in total. The van der Waals surface area contributed by atoms with Crippen LogP contribution in [0.1, 0.15) is 24.1 Å². The molecular formula is C26H22ClN5O. The number of fused-ring (bicyclic) bond motifs is 1. The number of para-hydroxylation sites is 1. The molecule has 0 fully saturated rings. The topological polar surface area (TPSA) is 71.8 Å². The third-order valence-electron chi connectivity index (χ3n) is 5.64. The van der Waals surface area contributed by atoms with Gasteiger partial charge in [0.05, 0.1) is 5.57 Å². The molecule has 3 aromatic carbocycles. The number of nitrogens with one attached hydrogen (secondary N) is 2. The van der Waals surface area contributed by atoms with E-state index in [1.165, 1.54) is 0 Å². The van der Waals surface area contributed by atoms with Crippen LogP contribution in [0, 0.1) is 6.92 Å². The van der Waals surface area contributed by atoms with Crippen molar-refractivity contribution in [1.29, 1.82) is 0 Å². The van der Waals surface area contributed by atoms with Crippen molar-refractivity contribution in [2.45, 2.75) is 19.9 Å². The number of halogens is 1. The summed E-state index contributed by atoms with van der Waals surface area (Å²) < 4.78 is 1.74. The molecule has 0 saturated carbocycles. The number of nitrogens with zero attached hydrogens (tertiary/aromatic N) is 3. The number of amides is 1. The van der Waals surface area contributed by atoms with Crippen molar-refractivity contribution in [1.82, 2.24) is 14.8 Å². The minimum absolute atomic E-state index is 0.228. The molecule has 1 aliphatic heterocycles. The zero-order valence-corrected chi connectivity index (χ0v) is 19.0. The van der Waals surface area contributed by atoms with E-state index < -0.39 is 6.04 Å². The quantitative estimate of drug-likeness (QED) is 0.406. The van der Waals surface area contributed by atoms with E-state index in [2.05, 4.69) is 10.6 Å². The van der Waals surface area contributed by atoms with Gasteiger partial charge < -0.3 is 10.6 Å². The van der Waals surface area contributed by atoms with Gasteiger partial charge in [0.2, 0.25) is 5.95 Å². The van der Waals surface area contributed by atoms with Crippen molar-refractivity contribution < 1.29 is 4.79 Å². The van der Waals surface area contributed by atoms with E-state index >= 15 is 0 Å². The molecule has 1 amide bonds. The van der Waals surface area contributed by atoms with Gasteiger partial charge in [0.1, 0.15) is 6.04 Å². The highest BCUT2D eigenvalue weighted by Gasteiger charge is 2.35. The fourth-order valence-corrected chi connectivity index (χ4v) is 4.21. The monoisotopic (exact) mass is 455 g/mol. The molecule has 2 N–H and O–H groups in total. The summed E-state index contributed by atoms with van der Waals surface area (Å²) in [5.74, 6) is 0.908. The van der Waals surface area contributed by atoms with Gasteiger partial charge in [-0.05, 0) is 32.0 Å². The highest BCUT2D eigenvalue weighted by molar-refractivity contribution is 6.31. The Bertz CT molecular complexity index is 1360. The highest BCUT2D eigenvalue weighted by atomic mass is 35.5. The number of carbonyl (C=O) groups excluding carboxylic acids is 1. The Morgan fingerprint density at radius 1 is 0.970 bits per heavy atom. The van der Waals surface area contributed by atoms with Crippen LogP contribution in [0.5, 0.6) is 0 Å². The second kappa shape index (κ2) is 8.56. The summed E-state index contributed by atoms with van der Waals surface area (Å²) in [7, 11) is 0. The Labute approximate surface area is 196 Å². The average molecular weight is 456 g/mol. The lowest BCUT2D eigenvalue weighted by Gasteiger charge is -2.29. The maximum Gasteiger partial charge on any atom is 0.255 e. The fourth-order valence-electron chi connectivity index (χ4n) is 3.97. The molecule has 1 aromatic heterocycles. The van der Waals surface area contributed by atoms with Crippen LogP contribution in [-0.4, -0.2) is 20.7 Å². The van der Waals surface area contributed by atoms with E-state index in [1.807, 2.05) is 92.7 Å². The third-order valence-corrected chi connectivity index (χ3v) is 5.98. The molecule has 0 radical (unpaired) electrons. The molecule has 5 rings (SSSR count). The normalized spacial score (nSPS) is 15.1. The Balaban J connectivity index is 1.62. The number of hydrogen-bond acceptors (Lipinski definition) is 4. The minimum atomic E-state index is -0.537. The molecule has 0 aliphatic carbocycles. The van der Waals surface area contributed by atoms with Gasteiger partial charge in [-0.1, -0.05) is 77.8 Å². The Morgan fingerprint density at radius 2 is 1.67 bits per heavy atom. The van der Waals surface area contributed by atoms with Gasteiger partial charge in [0.25, 0.3) is 5.91 Å². The number of anilines is 2. The fraction of sp³-hybridized carbons (Fsp3) is 0.115. The van der Waals surface area contributed by atoms with Crippen LogP contribution in [0.25, 0.3) is 11.4 Å². The predicted molar refractivity (Wildman–Crippen MR) is 131 cm³/mol. The lowest BCUT2D eigenvalue weighted by molar-refractivity contribution is -0.113. The molecule has 0 spiro atoms. The number of allylic oxidation sites excluding steroid dienone is 1. The van der Waals surface area contributed by atoms with Crippen molar-refractivity contribution in [3.8, 4) is 11.4 Å². The maximum atomic E-state index is 13.5. The summed E-state index contributed by atoms with van der Waals surface area (Å²) in [5.41, 5.74) is 4.77. The molecule has 0 bridgehead atoms.